The number of aromatic amines is 1. The number of rotatable bonds is 6. The number of piperidine rings is 1. The van der Waals surface area contributed by atoms with E-state index in [1.807, 2.05) is 60.7 Å². The number of amidine groups is 1. The van der Waals surface area contributed by atoms with Crippen LogP contribution in [0.1, 0.15) is 18.7 Å². The van der Waals surface area contributed by atoms with Gasteiger partial charge in [0.1, 0.15) is 23.0 Å². The molecule has 0 spiro atoms. The van der Waals surface area contributed by atoms with Crippen molar-refractivity contribution in [1.82, 2.24) is 19.9 Å². The molecule has 1 saturated heterocycles. The average Bonchev–Trinajstić information content (AvgIpc) is 3.33. The summed E-state index contributed by atoms with van der Waals surface area (Å²) < 4.78 is 38.1. The summed E-state index contributed by atoms with van der Waals surface area (Å²) in [4.78, 5) is 13.6. The zero-order chi connectivity index (χ0) is 24.3. The molecule has 10 heteroatoms. The number of benzene rings is 2. The van der Waals surface area contributed by atoms with Crippen LogP contribution in [-0.2, 0) is 11.3 Å². The van der Waals surface area contributed by atoms with E-state index >= 15 is 0 Å². The van der Waals surface area contributed by atoms with Crippen LogP contribution < -0.4 is 10.1 Å². The third-order valence-corrected chi connectivity index (χ3v) is 5.68. The van der Waals surface area contributed by atoms with Crippen molar-refractivity contribution in [3.05, 3.63) is 72.7 Å². The lowest BCUT2D eigenvalue weighted by Crippen LogP contribution is -2.43. The number of halogens is 2. The Morgan fingerprint density at radius 3 is 2.46 bits per heavy atom. The highest BCUT2D eigenvalue weighted by Crippen LogP contribution is 2.29. The number of alkyl halides is 2. The van der Waals surface area contributed by atoms with Gasteiger partial charge in [0, 0.05) is 37.8 Å². The van der Waals surface area contributed by atoms with E-state index in [9.17, 15) is 8.78 Å². The molecule has 0 amide bonds. The van der Waals surface area contributed by atoms with Crippen molar-refractivity contribution in [3.8, 4) is 11.5 Å². The van der Waals surface area contributed by atoms with Crippen molar-refractivity contribution < 1.29 is 18.3 Å². The predicted octanol–water partition coefficient (Wildman–Crippen LogP) is 5.68. The number of hydrogen-bond acceptors (Lipinski definition) is 6. The first-order valence-corrected chi connectivity index (χ1v) is 11.2. The molecule has 4 aromatic rings. The predicted molar refractivity (Wildman–Crippen MR) is 128 cm³/mol. The smallest absolute Gasteiger partial charge is 0.284 e. The summed E-state index contributed by atoms with van der Waals surface area (Å²) in [5, 5.41) is 12.2. The van der Waals surface area contributed by atoms with Crippen molar-refractivity contribution in [1.29, 1.82) is 5.41 Å². The fourth-order valence-corrected chi connectivity index (χ4v) is 3.78. The van der Waals surface area contributed by atoms with E-state index in [1.54, 1.807) is 6.20 Å². The Morgan fingerprint density at radius 1 is 1.00 bits per heavy atom. The molecule has 1 aliphatic heterocycles. The maximum Gasteiger partial charge on any atom is 0.284 e. The number of para-hydroxylation sites is 1. The molecule has 35 heavy (non-hydrogen) atoms. The van der Waals surface area contributed by atoms with E-state index in [0.717, 1.165) is 16.8 Å². The number of ether oxygens (including phenoxy) is 2. The maximum absolute atomic E-state index is 13.4. The van der Waals surface area contributed by atoms with Gasteiger partial charge in [0.2, 0.25) is 0 Å². The average molecular weight is 479 g/mol. The summed E-state index contributed by atoms with van der Waals surface area (Å²) in [7, 11) is 0. The molecule has 0 saturated carbocycles. The Bertz CT molecular complexity index is 1300. The first kappa shape index (κ1) is 22.6. The first-order chi connectivity index (χ1) is 16.9. The SMILES string of the molecule is N=C(OCc1nc(Nc2ccc(Oc3ccccc3)cc2)c2cc[nH]c2n1)N1CCC(F)(F)CC1. The summed E-state index contributed by atoms with van der Waals surface area (Å²) in [5.74, 6) is -0.273. The van der Waals surface area contributed by atoms with E-state index in [4.69, 9.17) is 14.9 Å². The summed E-state index contributed by atoms with van der Waals surface area (Å²) in [6.45, 7) is 0.109. The van der Waals surface area contributed by atoms with Crippen LogP contribution in [0.4, 0.5) is 20.3 Å². The van der Waals surface area contributed by atoms with Gasteiger partial charge in [0.15, 0.2) is 12.4 Å². The molecule has 0 radical (unpaired) electrons. The first-order valence-electron chi connectivity index (χ1n) is 11.2. The topological polar surface area (TPSA) is 99.2 Å². The Morgan fingerprint density at radius 2 is 1.71 bits per heavy atom. The van der Waals surface area contributed by atoms with Crippen LogP contribution in [0.5, 0.6) is 11.5 Å². The van der Waals surface area contributed by atoms with Crippen molar-refractivity contribution in [2.45, 2.75) is 25.4 Å². The number of likely N-dealkylation sites (tertiary alicyclic amines) is 1. The van der Waals surface area contributed by atoms with Crippen molar-refractivity contribution >= 4 is 28.6 Å². The fourth-order valence-electron chi connectivity index (χ4n) is 3.78. The lowest BCUT2D eigenvalue weighted by molar-refractivity contribution is -0.0472. The number of nitrogens with zero attached hydrogens (tertiary/aromatic N) is 3. The van der Waals surface area contributed by atoms with Crippen LogP contribution in [0.2, 0.25) is 0 Å². The molecule has 0 unspecified atom stereocenters. The molecule has 3 N–H and O–H groups in total. The maximum atomic E-state index is 13.4. The zero-order valence-electron chi connectivity index (χ0n) is 18.8. The van der Waals surface area contributed by atoms with E-state index in [0.29, 0.717) is 23.0 Å². The largest absolute Gasteiger partial charge is 0.457 e. The minimum atomic E-state index is -2.68. The van der Waals surface area contributed by atoms with Crippen LogP contribution in [0.3, 0.4) is 0 Å². The second kappa shape index (κ2) is 9.57. The summed E-state index contributed by atoms with van der Waals surface area (Å²) in [6, 6.07) is 18.7. The van der Waals surface area contributed by atoms with Crippen LogP contribution in [0, 0.1) is 5.41 Å². The van der Waals surface area contributed by atoms with Gasteiger partial charge < -0.3 is 24.7 Å². The van der Waals surface area contributed by atoms with Gasteiger partial charge in [-0.25, -0.2) is 18.7 Å². The van der Waals surface area contributed by atoms with E-state index in [-0.39, 0.29) is 38.6 Å². The van der Waals surface area contributed by atoms with Gasteiger partial charge in [-0.15, -0.1) is 0 Å². The van der Waals surface area contributed by atoms with Crippen LogP contribution in [0.15, 0.2) is 66.9 Å². The fraction of sp³-hybridized carbons (Fsp3) is 0.240. The van der Waals surface area contributed by atoms with Crippen molar-refractivity contribution in [2.24, 2.45) is 0 Å². The Kier molecular flexibility index (Phi) is 6.17. The number of anilines is 2. The number of H-pyrrole nitrogens is 1. The van der Waals surface area contributed by atoms with Crippen LogP contribution in [-0.4, -0.2) is 44.9 Å². The van der Waals surface area contributed by atoms with Gasteiger partial charge in [0.05, 0.1) is 5.39 Å². The number of nitrogens with one attached hydrogen (secondary N) is 3. The molecule has 5 rings (SSSR count). The Labute approximate surface area is 200 Å². The van der Waals surface area contributed by atoms with E-state index in [2.05, 4.69) is 20.3 Å². The standard InChI is InChI=1S/C25H24F2N6O2/c26-25(27)11-14-33(15-12-25)24(28)34-16-21-31-22-20(10-13-29-22)23(32-21)30-17-6-8-19(9-7-17)35-18-4-2-1-3-5-18/h1-10,13,28H,11-12,14-16H2,(H2,29,30,31,32). The van der Waals surface area contributed by atoms with E-state index < -0.39 is 5.92 Å². The minimum absolute atomic E-state index is 0.0563. The summed E-state index contributed by atoms with van der Waals surface area (Å²) in [5.41, 5.74) is 1.43. The van der Waals surface area contributed by atoms with Gasteiger partial charge in [-0.3, -0.25) is 5.41 Å². The minimum Gasteiger partial charge on any atom is -0.457 e. The van der Waals surface area contributed by atoms with Crippen molar-refractivity contribution in [3.63, 3.8) is 0 Å². The van der Waals surface area contributed by atoms with Gasteiger partial charge >= 0.3 is 0 Å². The molecule has 0 aliphatic carbocycles. The molecule has 1 fully saturated rings. The molecule has 0 atom stereocenters. The number of fused-ring (bicyclic) bond motifs is 1. The molecular formula is C25H24F2N6O2. The second-order valence-corrected chi connectivity index (χ2v) is 8.23. The molecule has 2 aromatic carbocycles. The zero-order valence-corrected chi connectivity index (χ0v) is 18.8. The van der Waals surface area contributed by atoms with Gasteiger partial charge in [-0.05, 0) is 42.5 Å². The number of hydrogen-bond donors (Lipinski definition) is 3. The lowest BCUT2D eigenvalue weighted by atomic mass is 10.1. The quantitative estimate of drug-likeness (QED) is 0.244. The molecular weight excluding hydrogens is 454 g/mol. The van der Waals surface area contributed by atoms with Gasteiger partial charge in [-0.2, -0.15) is 0 Å². The summed E-state index contributed by atoms with van der Waals surface area (Å²) in [6.07, 6.45) is 1.20. The molecule has 0 bridgehead atoms. The summed E-state index contributed by atoms with van der Waals surface area (Å²) >= 11 is 0. The van der Waals surface area contributed by atoms with Gasteiger partial charge in [0.25, 0.3) is 11.9 Å². The number of aromatic nitrogens is 3. The normalized spacial score (nSPS) is 15.1. The van der Waals surface area contributed by atoms with Crippen molar-refractivity contribution in [2.75, 3.05) is 18.4 Å². The molecule has 8 nitrogen and oxygen atoms in total. The highest BCUT2D eigenvalue weighted by Gasteiger charge is 2.35. The Balaban J connectivity index is 1.26. The van der Waals surface area contributed by atoms with Crippen LogP contribution in [0.25, 0.3) is 11.0 Å². The molecule has 3 heterocycles. The Hall–Kier alpha value is -4.21. The molecule has 180 valence electrons. The second-order valence-electron chi connectivity index (χ2n) is 8.23. The van der Waals surface area contributed by atoms with E-state index in [1.165, 1.54) is 4.90 Å². The third-order valence-electron chi connectivity index (χ3n) is 5.68. The molecule has 2 aromatic heterocycles. The van der Waals surface area contributed by atoms with Gasteiger partial charge in [-0.1, -0.05) is 18.2 Å². The van der Waals surface area contributed by atoms with Crippen LogP contribution >= 0.6 is 0 Å². The highest BCUT2D eigenvalue weighted by atomic mass is 19.3. The highest BCUT2D eigenvalue weighted by molar-refractivity contribution is 5.89. The molecule has 1 aliphatic rings. The third kappa shape index (κ3) is 5.48. The lowest BCUT2D eigenvalue weighted by Gasteiger charge is -2.32. The monoisotopic (exact) mass is 478 g/mol.